The Morgan fingerprint density at radius 1 is 0.960 bits per heavy atom. The normalized spacial score (nSPS) is 13.6. The minimum absolute atomic E-state index is 0.812. The fourth-order valence-corrected chi connectivity index (χ4v) is 2.48. The first kappa shape index (κ1) is 20.8. The summed E-state index contributed by atoms with van der Waals surface area (Å²) in [5.74, 6) is -1.84. The Morgan fingerprint density at radius 2 is 1.52 bits per heavy atom. The molecule has 0 unspecified atom stereocenters. The molecule has 25 heavy (non-hydrogen) atoms. The largest absolute Gasteiger partial charge is 0.497 e. The van der Waals surface area contributed by atoms with Crippen molar-refractivity contribution in [3.8, 4) is 11.5 Å². The lowest BCUT2D eigenvalue weighted by molar-refractivity contribution is -0.159. The predicted octanol–water partition coefficient (Wildman–Crippen LogP) is 2.50. The van der Waals surface area contributed by atoms with Crippen LogP contribution in [0.1, 0.15) is 32.1 Å². The van der Waals surface area contributed by atoms with E-state index in [2.05, 4.69) is 4.90 Å². The number of hydrogen-bond donors (Lipinski definition) is 2. The van der Waals surface area contributed by atoms with Gasteiger partial charge in [-0.3, -0.25) is 0 Å². The summed E-state index contributed by atoms with van der Waals surface area (Å²) in [5, 5.41) is 14.8. The summed E-state index contributed by atoms with van der Waals surface area (Å²) >= 11 is 0. The number of ether oxygens (including phenoxy) is 2. The molecule has 7 nitrogen and oxygen atoms in total. The lowest BCUT2D eigenvalue weighted by Gasteiger charge is -2.13. The molecular weight excluding hydrogens is 326 g/mol. The molecule has 1 fully saturated rings. The molecule has 1 heterocycles. The summed E-state index contributed by atoms with van der Waals surface area (Å²) in [6.45, 7) is 4.69. The number of likely N-dealkylation sites (tertiary alicyclic amines) is 1. The van der Waals surface area contributed by atoms with Gasteiger partial charge in [-0.15, -0.1) is 0 Å². The van der Waals surface area contributed by atoms with Gasteiger partial charge in [0.1, 0.15) is 11.5 Å². The Balaban J connectivity index is 0.000000450. The van der Waals surface area contributed by atoms with Crippen LogP contribution in [-0.4, -0.2) is 60.4 Å². The van der Waals surface area contributed by atoms with Crippen molar-refractivity contribution in [1.29, 1.82) is 0 Å². The minimum Gasteiger partial charge on any atom is -0.497 e. The zero-order valence-electron chi connectivity index (χ0n) is 14.6. The SMILES string of the molecule is COc1ccc(OCCCCCN2CCCC2)cc1.O=C(O)C(=O)O. The Labute approximate surface area is 148 Å². The van der Waals surface area contributed by atoms with Crippen molar-refractivity contribution >= 4 is 11.9 Å². The first-order valence-electron chi connectivity index (χ1n) is 8.48. The van der Waals surface area contributed by atoms with E-state index in [0.29, 0.717) is 0 Å². The van der Waals surface area contributed by atoms with E-state index in [-0.39, 0.29) is 0 Å². The van der Waals surface area contributed by atoms with Gasteiger partial charge in [0, 0.05) is 0 Å². The van der Waals surface area contributed by atoms with E-state index < -0.39 is 11.9 Å². The van der Waals surface area contributed by atoms with Gasteiger partial charge in [-0.05, 0) is 76.0 Å². The Morgan fingerprint density at radius 3 is 2.04 bits per heavy atom. The third kappa shape index (κ3) is 9.56. The summed E-state index contributed by atoms with van der Waals surface area (Å²) in [7, 11) is 1.68. The van der Waals surface area contributed by atoms with Gasteiger partial charge in [0.05, 0.1) is 13.7 Å². The lowest BCUT2D eigenvalue weighted by atomic mass is 10.2. The maximum atomic E-state index is 9.10. The van der Waals surface area contributed by atoms with Crippen LogP contribution in [0.2, 0.25) is 0 Å². The highest BCUT2D eigenvalue weighted by atomic mass is 16.5. The predicted molar refractivity (Wildman–Crippen MR) is 93.3 cm³/mol. The van der Waals surface area contributed by atoms with Gasteiger partial charge in [0.25, 0.3) is 0 Å². The fraction of sp³-hybridized carbons (Fsp3) is 0.556. The Bertz CT molecular complexity index is 499. The van der Waals surface area contributed by atoms with Crippen LogP contribution in [0.3, 0.4) is 0 Å². The van der Waals surface area contributed by atoms with Crippen LogP contribution in [0.25, 0.3) is 0 Å². The summed E-state index contributed by atoms with van der Waals surface area (Å²) in [4.78, 5) is 20.8. The van der Waals surface area contributed by atoms with Gasteiger partial charge >= 0.3 is 11.9 Å². The number of aliphatic carboxylic acids is 2. The smallest absolute Gasteiger partial charge is 0.414 e. The van der Waals surface area contributed by atoms with Gasteiger partial charge in [-0.2, -0.15) is 0 Å². The molecule has 0 amide bonds. The van der Waals surface area contributed by atoms with Crippen molar-refractivity contribution in [3.63, 3.8) is 0 Å². The van der Waals surface area contributed by atoms with Gasteiger partial charge < -0.3 is 24.6 Å². The molecule has 0 saturated carbocycles. The molecule has 0 radical (unpaired) electrons. The second kappa shape index (κ2) is 12.1. The number of hydrogen-bond acceptors (Lipinski definition) is 5. The van der Waals surface area contributed by atoms with E-state index in [1.54, 1.807) is 7.11 Å². The van der Waals surface area contributed by atoms with E-state index in [0.717, 1.165) is 24.5 Å². The zero-order chi connectivity index (χ0) is 18.5. The van der Waals surface area contributed by atoms with E-state index in [9.17, 15) is 0 Å². The summed E-state index contributed by atoms with van der Waals surface area (Å²) in [5.41, 5.74) is 0. The standard InChI is InChI=1S/C16H25NO2.C2H2O4/c1-18-15-7-9-16(10-8-15)19-14-6-2-3-11-17-12-4-5-13-17;3-1(4)2(5)6/h7-10H,2-6,11-14H2,1H3;(H,3,4)(H,5,6). The molecule has 1 saturated heterocycles. The van der Waals surface area contributed by atoms with E-state index in [4.69, 9.17) is 29.3 Å². The van der Waals surface area contributed by atoms with Crippen molar-refractivity contribution in [3.05, 3.63) is 24.3 Å². The number of carboxylic acid groups (broad SMARTS) is 2. The second-order valence-corrected chi connectivity index (χ2v) is 5.74. The van der Waals surface area contributed by atoms with Crippen LogP contribution in [0.5, 0.6) is 11.5 Å². The van der Waals surface area contributed by atoms with Crippen molar-refractivity contribution in [2.24, 2.45) is 0 Å². The zero-order valence-corrected chi connectivity index (χ0v) is 14.6. The first-order valence-corrected chi connectivity index (χ1v) is 8.48. The average molecular weight is 353 g/mol. The van der Waals surface area contributed by atoms with Crippen molar-refractivity contribution in [2.75, 3.05) is 33.4 Å². The number of unbranched alkanes of at least 4 members (excludes halogenated alkanes) is 2. The van der Waals surface area contributed by atoms with E-state index in [1.807, 2.05) is 24.3 Å². The van der Waals surface area contributed by atoms with Gasteiger partial charge in [-0.25, -0.2) is 9.59 Å². The fourth-order valence-electron chi connectivity index (χ4n) is 2.48. The minimum atomic E-state index is -1.82. The Hall–Kier alpha value is -2.28. The molecule has 0 bridgehead atoms. The number of benzene rings is 1. The van der Waals surface area contributed by atoms with Crippen molar-refractivity contribution in [2.45, 2.75) is 32.1 Å². The van der Waals surface area contributed by atoms with Crippen molar-refractivity contribution in [1.82, 2.24) is 4.90 Å². The number of rotatable bonds is 8. The molecule has 2 rings (SSSR count). The first-order chi connectivity index (χ1) is 12.0. The number of methoxy groups -OCH3 is 1. The third-order valence-electron chi connectivity index (χ3n) is 3.83. The topological polar surface area (TPSA) is 96.3 Å². The van der Waals surface area contributed by atoms with Gasteiger partial charge in [-0.1, -0.05) is 0 Å². The molecule has 1 aromatic rings. The van der Waals surface area contributed by atoms with Crippen LogP contribution >= 0.6 is 0 Å². The van der Waals surface area contributed by atoms with Gasteiger partial charge in [0.2, 0.25) is 0 Å². The third-order valence-corrected chi connectivity index (χ3v) is 3.83. The maximum absolute atomic E-state index is 9.10. The molecule has 1 aliphatic heterocycles. The highest BCUT2D eigenvalue weighted by Crippen LogP contribution is 2.17. The molecule has 140 valence electrons. The summed E-state index contributed by atoms with van der Waals surface area (Å²) in [6.07, 6.45) is 6.47. The lowest BCUT2D eigenvalue weighted by Crippen LogP contribution is -2.20. The molecule has 1 aliphatic rings. The number of carbonyl (C=O) groups is 2. The molecule has 0 atom stereocenters. The molecular formula is C18H27NO6. The number of carboxylic acids is 2. The van der Waals surface area contributed by atoms with E-state index >= 15 is 0 Å². The van der Waals surface area contributed by atoms with Crippen LogP contribution in [0, 0.1) is 0 Å². The molecule has 0 aliphatic carbocycles. The van der Waals surface area contributed by atoms with Crippen molar-refractivity contribution < 1.29 is 29.3 Å². The van der Waals surface area contributed by atoms with E-state index in [1.165, 1.54) is 45.3 Å². The molecule has 0 aromatic heterocycles. The van der Waals surface area contributed by atoms with Crippen LogP contribution in [0.15, 0.2) is 24.3 Å². The van der Waals surface area contributed by atoms with Crippen LogP contribution in [-0.2, 0) is 9.59 Å². The van der Waals surface area contributed by atoms with Gasteiger partial charge in [0.15, 0.2) is 0 Å². The molecule has 7 heteroatoms. The molecule has 1 aromatic carbocycles. The monoisotopic (exact) mass is 353 g/mol. The Kier molecular flexibility index (Phi) is 10.1. The summed E-state index contributed by atoms with van der Waals surface area (Å²) < 4.78 is 10.8. The quantitative estimate of drug-likeness (QED) is 0.547. The maximum Gasteiger partial charge on any atom is 0.414 e. The molecule has 2 N–H and O–H groups in total. The van der Waals surface area contributed by atoms with Crippen LogP contribution in [0.4, 0.5) is 0 Å². The highest BCUT2D eigenvalue weighted by Gasteiger charge is 2.09. The average Bonchev–Trinajstić information content (AvgIpc) is 3.12. The molecule has 0 spiro atoms. The highest BCUT2D eigenvalue weighted by molar-refractivity contribution is 6.27. The second-order valence-electron chi connectivity index (χ2n) is 5.74. The summed E-state index contributed by atoms with van der Waals surface area (Å²) in [6, 6.07) is 7.79. The van der Waals surface area contributed by atoms with Crippen LogP contribution < -0.4 is 9.47 Å². The number of nitrogens with zero attached hydrogens (tertiary/aromatic N) is 1.